The van der Waals surface area contributed by atoms with Gasteiger partial charge in [-0.1, -0.05) is 109 Å². The highest BCUT2D eigenvalue weighted by molar-refractivity contribution is 7.85. The lowest BCUT2D eigenvalue weighted by atomic mass is 10.1. The largest absolute Gasteiger partial charge is 0.309 e. The standard InChI is InChI=1S/C31H21N2OP/c34-35(22-12-3-1-4-13-22,23-14-5-2-6-15-23)29-21-11-20-28-30(29)32-31-26-18-8-7-16-24(26)25-17-9-10-19-27(25)33(28)31/h1-21H. The number of hydrogen-bond donors (Lipinski definition) is 0. The van der Waals surface area contributed by atoms with Gasteiger partial charge >= 0.3 is 0 Å². The summed E-state index contributed by atoms with van der Waals surface area (Å²) in [6, 6.07) is 42.5. The van der Waals surface area contributed by atoms with Crippen LogP contribution in [0.4, 0.5) is 0 Å². The molecule has 0 spiro atoms. The molecule has 166 valence electrons. The quantitative estimate of drug-likeness (QED) is 0.221. The summed E-state index contributed by atoms with van der Waals surface area (Å²) in [5.41, 5.74) is 3.72. The lowest BCUT2D eigenvalue weighted by Crippen LogP contribution is -2.25. The molecule has 0 unspecified atom stereocenters. The molecule has 0 aliphatic carbocycles. The fourth-order valence-corrected chi connectivity index (χ4v) is 8.07. The van der Waals surface area contributed by atoms with Gasteiger partial charge in [0.15, 0.2) is 7.14 Å². The van der Waals surface area contributed by atoms with E-state index in [-0.39, 0.29) is 0 Å². The van der Waals surface area contributed by atoms with E-state index < -0.39 is 7.14 Å². The van der Waals surface area contributed by atoms with Crippen LogP contribution in [0.15, 0.2) is 127 Å². The topological polar surface area (TPSA) is 34.4 Å². The number of para-hydroxylation sites is 2. The second kappa shape index (κ2) is 7.66. The van der Waals surface area contributed by atoms with Crippen molar-refractivity contribution in [2.45, 2.75) is 0 Å². The Balaban J connectivity index is 1.68. The Morgan fingerprint density at radius 1 is 0.514 bits per heavy atom. The van der Waals surface area contributed by atoms with Crippen LogP contribution in [0.25, 0.3) is 38.4 Å². The molecule has 0 radical (unpaired) electrons. The molecular formula is C31H21N2OP. The number of rotatable bonds is 3. The fourth-order valence-electron chi connectivity index (χ4n) is 5.28. The molecule has 0 saturated heterocycles. The van der Waals surface area contributed by atoms with Gasteiger partial charge in [-0.25, -0.2) is 4.98 Å². The van der Waals surface area contributed by atoms with Crippen LogP contribution in [0, 0.1) is 0 Å². The van der Waals surface area contributed by atoms with Crippen molar-refractivity contribution in [3.63, 3.8) is 0 Å². The Bertz CT molecular complexity index is 1880. The highest BCUT2D eigenvalue weighted by Gasteiger charge is 2.32. The number of benzene rings is 5. The van der Waals surface area contributed by atoms with Gasteiger partial charge in [0.25, 0.3) is 0 Å². The van der Waals surface area contributed by atoms with Crippen LogP contribution in [0.2, 0.25) is 0 Å². The first-order valence-electron chi connectivity index (χ1n) is 11.7. The van der Waals surface area contributed by atoms with Gasteiger partial charge in [-0.2, -0.15) is 0 Å². The Kier molecular flexibility index (Phi) is 4.42. The highest BCUT2D eigenvalue weighted by atomic mass is 31.2. The van der Waals surface area contributed by atoms with Gasteiger partial charge in [-0.15, -0.1) is 0 Å². The van der Waals surface area contributed by atoms with E-state index in [1.165, 1.54) is 10.8 Å². The smallest absolute Gasteiger partial charge is 0.173 e. The van der Waals surface area contributed by atoms with Crippen molar-refractivity contribution in [1.29, 1.82) is 0 Å². The van der Waals surface area contributed by atoms with E-state index >= 15 is 4.57 Å². The van der Waals surface area contributed by atoms with Crippen LogP contribution in [-0.2, 0) is 4.57 Å². The van der Waals surface area contributed by atoms with Crippen LogP contribution in [0.5, 0.6) is 0 Å². The van der Waals surface area contributed by atoms with Gasteiger partial charge in [0.2, 0.25) is 0 Å². The van der Waals surface area contributed by atoms with E-state index in [4.69, 9.17) is 4.98 Å². The molecule has 0 amide bonds. The molecule has 0 atom stereocenters. The number of imidazole rings is 1. The molecule has 35 heavy (non-hydrogen) atoms. The van der Waals surface area contributed by atoms with Crippen LogP contribution in [0.3, 0.4) is 0 Å². The summed E-state index contributed by atoms with van der Waals surface area (Å²) in [7, 11) is -3.17. The maximum Gasteiger partial charge on any atom is 0.173 e. The molecule has 2 aromatic heterocycles. The number of hydrogen-bond acceptors (Lipinski definition) is 2. The summed E-state index contributed by atoms with van der Waals surface area (Å²) in [6.45, 7) is 0. The minimum atomic E-state index is -3.17. The van der Waals surface area contributed by atoms with Crippen molar-refractivity contribution in [3.05, 3.63) is 127 Å². The van der Waals surface area contributed by atoms with Gasteiger partial charge < -0.3 is 4.57 Å². The molecule has 0 N–H and O–H groups in total. The molecule has 5 aromatic carbocycles. The van der Waals surface area contributed by atoms with E-state index in [1.54, 1.807) is 0 Å². The zero-order valence-corrected chi connectivity index (χ0v) is 19.8. The van der Waals surface area contributed by atoms with Crippen LogP contribution < -0.4 is 15.9 Å². The van der Waals surface area contributed by atoms with Crippen molar-refractivity contribution >= 4 is 61.4 Å². The van der Waals surface area contributed by atoms with Crippen LogP contribution >= 0.6 is 7.14 Å². The predicted molar refractivity (Wildman–Crippen MR) is 147 cm³/mol. The van der Waals surface area contributed by atoms with E-state index in [9.17, 15) is 0 Å². The lowest BCUT2D eigenvalue weighted by Gasteiger charge is -2.20. The maximum atomic E-state index is 15.2. The Hall–Kier alpha value is -4.20. The number of nitrogens with zero attached hydrogens (tertiary/aromatic N) is 2. The molecule has 0 saturated carbocycles. The van der Waals surface area contributed by atoms with Gasteiger partial charge in [-0.05, 0) is 23.6 Å². The van der Waals surface area contributed by atoms with E-state index in [0.29, 0.717) is 0 Å². The summed E-state index contributed by atoms with van der Waals surface area (Å²) in [6.07, 6.45) is 0. The monoisotopic (exact) mass is 468 g/mol. The normalized spacial score (nSPS) is 12.1. The summed E-state index contributed by atoms with van der Waals surface area (Å²) in [4.78, 5) is 5.20. The number of pyridine rings is 1. The Morgan fingerprint density at radius 3 is 1.74 bits per heavy atom. The SMILES string of the molecule is O=P(c1ccccc1)(c1ccccc1)c1cccc2c1nc1c3ccccc3c3ccccc3n21. The lowest BCUT2D eigenvalue weighted by molar-refractivity contribution is 0.592. The third-order valence-corrected chi connectivity index (χ3v) is 9.94. The van der Waals surface area contributed by atoms with E-state index in [2.05, 4.69) is 59.0 Å². The minimum absolute atomic E-state index is 0.768. The van der Waals surface area contributed by atoms with Gasteiger partial charge in [0.05, 0.1) is 11.0 Å². The third kappa shape index (κ3) is 2.86. The second-order valence-corrected chi connectivity index (χ2v) is 11.5. The first-order chi connectivity index (χ1) is 17.3. The summed E-state index contributed by atoms with van der Waals surface area (Å²) < 4.78 is 17.4. The summed E-state index contributed by atoms with van der Waals surface area (Å²) in [5, 5.41) is 5.82. The highest BCUT2D eigenvalue weighted by Crippen LogP contribution is 2.44. The fraction of sp³-hybridized carbons (Fsp3) is 0. The second-order valence-electron chi connectivity index (χ2n) is 8.76. The maximum absolute atomic E-state index is 15.2. The Morgan fingerprint density at radius 2 is 1.06 bits per heavy atom. The molecule has 0 aliphatic rings. The average molecular weight is 468 g/mol. The van der Waals surface area contributed by atoms with Crippen molar-refractivity contribution in [2.75, 3.05) is 0 Å². The van der Waals surface area contributed by atoms with Gasteiger partial charge in [-0.3, -0.25) is 4.40 Å². The minimum Gasteiger partial charge on any atom is -0.309 e. The molecule has 7 aromatic rings. The molecule has 0 fully saturated rings. The molecule has 7 rings (SSSR count). The van der Waals surface area contributed by atoms with Crippen molar-refractivity contribution in [1.82, 2.24) is 9.38 Å². The van der Waals surface area contributed by atoms with E-state index in [0.717, 1.165) is 43.5 Å². The first-order valence-corrected chi connectivity index (χ1v) is 13.4. The zero-order chi connectivity index (χ0) is 23.4. The molecule has 0 aliphatic heterocycles. The third-order valence-electron chi connectivity index (χ3n) is 6.85. The predicted octanol–water partition coefficient (Wildman–Crippen LogP) is 6.43. The molecular weight excluding hydrogens is 447 g/mol. The van der Waals surface area contributed by atoms with Crippen molar-refractivity contribution < 1.29 is 4.57 Å². The summed E-state index contributed by atoms with van der Waals surface area (Å²) >= 11 is 0. The molecule has 0 bridgehead atoms. The van der Waals surface area contributed by atoms with Crippen LogP contribution in [-0.4, -0.2) is 9.38 Å². The van der Waals surface area contributed by atoms with Gasteiger partial charge in [0, 0.05) is 26.7 Å². The van der Waals surface area contributed by atoms with Crippen molar-refractivity contribution in [2.24, 2.45) is 0 Å². The first kappa shape index (κ1) is 20.2. The van der Waals surface area contributed by atoms with Crippen LogP contribution in [0.1, 0.15) is 0 Å². The summed E-state index contributed by atoms with van der Waals surface area (Å²) in [5.74, 6) is 0. The zero-order valence-electron chi connectivity index (χ0n) is 18.9. The number of aromatic nitrogens is 2. The molecule has 3 nitrogen and oxygen atoms in total. The van der Waals surface area contributed by atoms with Crippen molar-refractivity contribution in [3.8, 4) is 0 Å². The number of fused-ring (bicyclic) bond motifs is 8. The molecule has 2 heterocycles. The van der Waals surface area contributed by atoms with Gasteiger partial charge in [0.1, 0.15) is 11.2 Å². The average Bonchev–Trinajstić information content (AvgIpc) is 3.34. The van der Waals surface area contributed by atoms with E-state index in [1.807, 2.05) is 72.8 Å². The molecule has 4 heteroatoms. The Labute approximate surface area is 202 Å².